The van der Waals surface area contributed by atoms with Crippen LogP contribution in [0, 0.1) is 0 Å². The maximum atomic E-state index is 12.6. The summed E-state index contributed by atoms with van der Waals surface area (Å²) in [4.78, 5) is 14.7. The number of piperazine rings is 1. The topological polar surface area (TPSA) is 32.3 Å². The van der Waals surface area contributed by atoms with Gasteiger partial charge in [-0.2, -0.15) is 0 Å². The number of hydrogen-bond acceptors (Lipinski definition) is 2. The predicted octanol–water partition coefficient (Wildman–Crippen LogP) is 2.72. The van der Waals surface area contributed by atoms with E-state index in [2.05, 4.69) is 36.2 Å². The molecule has 2 heterocycles. The summed E-state index contributed by atoms with van der Waals surface area (Å²) in [6.45, 7) is 7.02. The Balaban J connectivity index is 0.00000147. The van der Waals surface area contributed by atoms with E-state index in [-0.39, 0.29) is 24.4 Å². The summed E-state index contributed by atoms with van der Waals surface area (Å²) in [5, 5.41) is 3.41. The van der Waals surface area contributed by atoms with Crippen LogP contribution >= 0.6 is 12.4 Å². The van der Waals surface area contributed by atoms with Crippen molar-refractivity contribution in [2.45, 2.75) is 39.2 Å². The number of nitrogens with one attached hydrogen (secondary N) is 1. The van der Waals surface area contributed by atoms with E-state index < -0.39 is 0 Å². The number of carbonyl (C=O) groups excluding carboxylic acids is 1. The van der Waals surface area contributed by atoms with E-state index in [1.807, 2.05) is 0 Å². The third-order valence-electron chi connectivity index (χ3n) is 4.32. The lowest BCUT2D eigenvalue weighted by Crippen LogP contribution is -2.44. The van der Waals surface area contributed by atoms with Crippen molar-refractivity contribution in [1.29, 1.82) is 0 Å². The number of aryl methyl sites for hydroxylation is 2. The van der Waals surface area contributed by atoms with Crippen LogP contribution in [-0.2, 0) is 12.8 Å². The number of benzene rings is 1. The Labute approximate surface area is 127 Å². The van der Waals surface area contributed by atoms with Crippen LogP contribution in [0.5, 0.6) is 0 Å². The molecule has 2 aliphatic heterocycles. The fourth-order valence-corrected chi connectivity index (χ4v) is 3.36. The van der Waals surface area contributed by atoms with E-state index in [1.54, 1.807) is 0 Å². The zero-order chi connectivity index (χ0) is 13.4. The number of carbonyl (C=O) groups is 1. The van der Waals surface area contributed by atoms with Crippen LogP contribution in [-0.4, -0.2) is 30.4 Å². The lowest BCUT2D eigenvalue weighted by atomic mass is 9.93. The zero-order valence-corrected chi connectivity index (χ0v) is 13.1. The van der Waals surface area contributed by atoms with Gasteiger partial charge in [0.1, 0.15) is 0 Å². The van der Waals surface area contributed by atoms with Gasteiger partial charge in [-0.25, -0.2) is 0 Å². The van der Waals surface area contributed by atoms with Gasteiger partial charge >= 0.3 is 0 Å². The molecule has 1 atom stereocenters. The highest BCUT2D eigenvalue weighted by Crippen LogP contribution is 2.37. The smallest absolute Gasteiger partial charge is 0.255 e. The molecular weight excluding hydrogens is 272 g/mol. The van der Waals surface area contributed by atoms with Crippen molar-refractivity contribution < 1.29 is 4.79 Å². The van der Waals surface area contributed by atoms with Gasteiger partial charge in [0.15, 0.2) is 0 Å². The van der Waals surface area contributed by atoms with Crippen molar-refractivity contribution in [2.24, 2.45) is 0 Å². The highest BCUT2D eigenvalue weighted by molar-refractivity contribution is 6.01. The fraction of sp³-hybridized carbons (Fsp3) is 0.562. The van der Waals surface area contributed by atoms with Crippen molar-refractivity contribution in [3.63, 3.8) is 0 Å². The molecule has 1 aromatic rings. The molecule has 0 aromatic heterocycles. The Morgan fingerprint density at radius 2 is 2.15 bits per heavy atom. The van der Waals surface area contributed by atoms with Crippen LogP contribution in [0.15, 0.2) is 12.1 Å². The second-order valence-corrected chi connectivity index (χ2v) is 5.54. The minimum absolute atomic E-state index is 0. The molecule has 0 radical (unpaired) electrons. The largest absolute Gasteiger partial charge is 0.329 e. The Hall–Kier alpha value is -1.06. The van der Waals surface area contributed by atoms with Gasteiger partial charge in [0.2, 0.25) is 0 Å². The van der Waals surface area contributed by atoms with Crippen LogP contribution in [0.2, 0.25) is 0 Å². The molecule has 0 bridgehead atoms. The van der Waals surface area contributed by atoms with Gasteiger partial charge in [0, 0.05) is 25.2 Å². The summed E-state index contributed by atoms with van der Waals surface area (Å²) in [6.07, 6.45) is 3.14. The van der Waals surface area contributed by atoms with Gasteiger partial charge in [-0.05, 0) is 29.5 Å². The number of halogens is 1. The van der Waals surface area contributed by atoms with Crippen LogP contribution in [0.4, 0.5) is 0 Å². The average Bonchev–Trinajstić information content (AvgIpc) is 2.73. The normalized spacial score (nSPS) is 20.4. The van der Waals surface area contributed by atoms with E-state index in [0.717, 1.165) is 44.5 Å². The quantitative estimate of drug-likeness (QED) is 0.930. The Morgan fingerprint density at radius 3 is 2.85 bits per heavy atom. The predicted molar refractivity (Wildman–Crippen MR) is 83.7 cm³/mol. The molecule has 0 unspecified atom stereocenters. The zero-order valence-electron chi connectivity index (χ0n) is 12.2. The van der Waals surface area contributed by atoms with E-state index in [1.165, 1.54) is 16.7 Å². The SMILES string of the molecule is CCCc1cc(CC)cc2c1C(=O)N1CCNC[C@H]21.Cl. The van der Waals surface area contributed by atoms with Crippen molar-refractivity contribution in [2.75, 3.05) is 19.6 Å². The molecule has 1 amide bonds. The third-order valence-corrected chi connectivity index (χ3v) is 4.32. The molecule has 3 nitrogen and oxygen atoms in total. The summed E-state index contributed by atoms with van der Waals surface area (Å²) in [6, 6.07) is 4.76. The lowest BCUT2D eigenvalue weighted by Gasteiger charge is -2.30. The standard InChI is InChI=1S/C16H22N2O.ClH/c1-3-5-12-8-11(4-2)9-13-14-10-17-6-7-18(14)16(19)15(12)13;/h8-9,14,17H,3-7,10H2,1-2H3;1H/t14-;/m1./s1. The number of nitrogens with zero attached hydrogens (tertiary/aromatic N) is 1. The fourth-order valence-electron chi connectivity index (χ4n) is 3.36. The molecule has 2 aliphatic rings. The molecule has 0 aliphatic carbocycles. The number of rotatable bonds is 3. The van der Waals surface area contributed by atoms with Gasteiger partial charge in [-0.1, -0.05) is 32.4 Å². The molecular formula is C16H23ClN2O. The molecule has 1 aromatic carbocycles. The summed E-state index contributed by atoms with van der Waals surface area (Å²) in [7, 11) is 0. The maximum Gasteiger partial charge on any atom is 0.255 e. The first kappa shape index (κ1) is 15.3. The number of fused-ring (bicyclic) bond motifs is 3. The number of hydrogen-bond donors (Lipinski definition) is 1. The van der Waals surface area contributed by atoms with Gasteiger partial charge < -0.3 is 10.2 Å². The molecule has 0 spiro atoms. The van der Waals surface area contributed by atoms with Gasteiger partial charge in [-0.3, -0.25) is 4.79 Å². The minimum atomic E-state index is 0. The summed E-state index contributed by atoms with van der Waals surface area (Å²) in [5.74, 6) is 0.257. The van der Waals surface area contributed by atoms with Crippen LogP contribution in [0.3, 0.4) is 0 Å². The minimum Gasteiger partial charge on any atom is -0.329 e. The molecule has 1 fully saturated rings. The lowest BCUT2D eigenvalue weighted by molar-refractivity contribution is 0.0690. The number of amides is 1. The first-order valence-electron chi connectivity index (χ1n) is 7.43. The third kappa shape index (κ3) is 2.33. The molecule has 3 rings (SSSR count). The van der Waals surface area contributed by atoms with E-state index in [0.29, 0.717) is 0 Å². The van der Waals surface area contributed by atoms with E-state index >= 15 is 0 Å². The Bertz CT molecular complexity index is 515. The van der Waals surface area contributed by atoms with Gasteiger partial charge in [-0.15, -0.1) is 12.4 Å². The molecule has 4 heteroatoms. The second kappa shape index (κ2) is 6.15. The molecule has 1 saturated heterocycles. The first-order valence-corrected chi connectivity index (χ1v) is 7.43. The maximum absolute atomic E-state index is 12.6. The Morgan fingerprint density at radius 1 is 1.35 bits per heavy atom. The van der Waals surface area contributed by atoms with E-state index in [4.69, 9.17) is 0 Å². The summed E-state index contributed by atoms with van der Waals surface area (Å²) < 4.78 is 0. The van der Waals surface area contributed by atoms with Gasteiger partial charge in [0.05, 0.1) is 6.04 Å². The van der Waals surface area contributed by atoms with Crippen molar-refractivity contribution in [3.05, 3.63) is 34.4 Å². The summed E-state index contributed by atoms with van der Waals surface area (Å²) in [5.41, 5.74) is 4.89. The van der Waals surface area contributed by atoms with E-state index in [9.17, 15) is 4.79 Å². The highest BCUT2D eigenvalue weighted by Gasteiger charge is 2.39. The molecule has 0 saturated carbocycles. The van der Waals surface area contributed by atoms with Crippen molar-refractivity contribution >= 4 is 18.3 Å². The van der Waals surface area contributed by atoms with Crippen molar-refractivity contribution in [1.82, 2.24) is 10.2 Å². The second-order valence-electron chi connectivity index (χ2n) is 5.54. The van der Waals surface area contributed by atoms with Gasteiger partial charge in [0.25, 0.3) is 5.91 Å². The van der Waals surface area contributed by atoms with Crippen LogP contribution in [0.1, 0.15) is 53.4 Å². The van der Waals surface area contributed by atoms with Crippen LogP contribution in [0.25, 0.3) is 0 Å². The monoisotopic (exact) mass is 294 g/mol. The first-order chi connectivity index (χ1) is 9.26. The Kier molecular flexibility index (Phi) is 4.71. The molecule has 20 heavy (non-hydrogen) atoms. The average molecular weight is 295 g/mol. The van der Waals surface area contributed by atoms with Crippen LogP contribution < -0.4 is 5.32 Å². The van der Waals surface area contributed by atoms with Crippen molar-refractivity contribution in [3.8, 4) is 0 Å². The highest BCUT2D eigenvalue weighted by atomic mass is 35.5. The molecule has 1 N–H and O–H groups in total. The summed E-state index contributed by atoms with van der Waals surface area (Å²) >= 11 is 0. The molecule has 110 valence electrons.